The van der Waals surface area contributed by atoms with Crippen LogP contribution in [0, 0.1) is 11.8 Å². The van der Waals surface area contributed by atoms with E-state index in [4.69, 9.17) is 19.4 Å². The molecule has 2 aromatic heterocycles. The van der Waals surface area contributed by atoms with Gasteiger partial charge >= 0.3 is 12.2 Å². The Bertz CT molecular complexity index is 2280. The van der Waals surface area contributed by atoms with Gasteiger partial charge in [0.25, 0.3) is 0 Å². The van der Waals surface area contributed by atoms with Crippen LogP contribution in [0.25, 0.3) is 33.2 Å². The fraction of sp³-hybridized carbons (Fsp3) is 0.429. The van der Waals surface area contributed by atoms with E-state index in [9.17, 15) is 24.3 Å². The second-order valence-corrected chi connectivity index (χ2v) is 15.6. The number of aromatic amines is 2. The number of imidazole rings is 2. The molecule has 2 aliphatic rings. The van der Waals surface area contributed by atoms with Gasteiger partial charge < -0.3 is 39.7 Å². The topological polar surface area (TPSA) is 186 Å². The Hall–Kier alpha value is -6.12. The lowest BCUT2D eigenvalue weighted by atomic mass is 10.0. The monoisotopic (exact) mass is 778 g/mol. The molecule has 4 amide bonds. The minimum atomic E-state index is -1.13. The number of hydrogen-bond acceptors (Lipinski definition) is 8. The number of methoxy groups -OCH3 is 1. The highest BCUT2D eigenvalue weighted by Crippen LogP contribution is 2.36. The van der Waals surface area contributed by atoms with Crippen LogP contribution < -0.4 is 10.1 Å². The Morgan fingerprint density at radius 2 is 1.32 bits per heavy atom. The molecule has 1 unspecified atom stereocenters. The van der Waals surface area contributed by atoms with Gasteiger partial charge in [0.1, 0.15) is 35.2 Å². The molecule has 7 rings (SSSR count). The van der Waals surface area contributed by atoms with Gasteiger partial charge in [-0.15, -0.1) is 0 Å². The van der Waals surface area contributed by atoms with Crippen molar-refractivity contribution < 1.29 is 33.8 Å². The highest BCUT2D eigenvalue weighted by atomic mass is 16.5. The fourth-order valence-electron chi connectivity index (χ4n) is 8.14. The van der Waals surface area contributed by atoms with Gasteiger partial charge in [0.05, 0.1) is 41.3 Å². The van der Waals surface area contributed by atoms with Crippen molar-refractivity contribution in [3.63, 3.8) is 0 Å². The van der Waals surface area contributed by atoms with E-state index in [0.29, 0.717) is 30.4 Å². The molecule has 57 heavy (non-hydrogen) atoms. The van der Waals surface area contributed by atoms with Gasteiger partial charge in [-0.3, -0.25) is 14.5 Å². The number of amides is 4. The normalized spacial score (nSPS) is 18.0. The van der Waals surface area contributed by atoms with Crippen molar-refractivity contribution in [2.24, 2.45) is 11.8 Å². The summed E-state index contributed by atoms with van der Waals surface area (Å²) in [5, 5.41) is 12.3. The summed E-state index contributed by atoms with van der Waals surface area (Å²) in [6.07, 6.45) is 1.37. The van der Waals surface area contributed by atoms with E-state index in [2.05, 4.69) is 21.4 Å². The molecule has 0 saturated carbocycles. The van der Waals surface area contributed by atoms with Crippen LogP contribution in [0.4, 0.5) is 9.59 Å². The Balaban J connectivity index is 1.03. The molecule has 2 aliphatic heterocycles. The highest BCUT2D eigenvalue weighted by molar-refractivity contribution is 5.88. The number of fused-ring (bicyclic) bond motifs is 2. The number of carboxylic acid groups (broad SMARTS) is 1. The molecule has 4 heterocycles. The first-order valence-corrected chi connectivity index (χ1v) is 19.5. The number of aromatic nitrogens is 4. The molecule has 15 nitrogen and oxygen atoms in total. The van der Waals surface area contributed by atoms with Crippen LogP contribution in [0.3, 0.4) is 0 Å². The summed E-state index contributed by atoms with van der Waals surface area (Å²) in [6, 6.07) is 17.5. The third-order valence-corrected chi connectivity index (χ3v) is 11.1. The summed E-state index contributed by atoms with van der Waals surface area (Å²) < 4.78 is 11.0. The molecule has 3 aromatic carbocycles. The van der Waals surface area contributed by atoms with Crippen molar-refractivity contribution >= 4 is 46.1 Å². The molecule has 4 atom stereocenters. The molecule has 4 N–H and O–H groups in total. The molecule has 5 aromatic rings. The van der Waals surface area contributed by atoms with Gasteiger partial charge in [-0.25, -0.2) is 19.6 Å². The Labute approximate surface area is 330 Å². The van der Waals surface area contributed by atoms with Crippen LogP contribution >= 0.6 is 0 Å². The Morgan fingerprint density at radius 3 is 1.88 bits per heavy atom. The van der Waals surface area contributed by atoms with Crippen molar-refractivity contribution in [2.45, 2.75) is 77.5 Å². The number of nitrogens with one attached hydrogen (secondary N) is 3. The molecule has 2 saturated heterocycles. The first-order chi connectivity index (χ1) is 27.3. The van der Waals surface area contributed by atoms with Crippen LogP contribution in [0.1, 0.15) is 77.1 Å². The molecule has 0 radical (unpaired) electrons. The summed E-state index contributed by atoms with van der Waals surface area (Å²) >= 11 is 0. The SMILES string of the molecule is COC(=O)N[C@H](C(=O)N1CCCC1c1nc2ccc(-c3ccc(Oc4ccc5nc([C@@H]6CCCN6C(=O)[C@H](C(C)C)N(C)C(=O)O)[nH]c5c4)cc3)cc2[nH]1)C(C)C. The highest BCUT2D eigenvalue weighted by Gasteiger charge is 2.40. The fourth-order valence-corrected chi connectivity index (χ4v) is 8.14. The van der Waals surface area contributed by atoms with Crippen LogP contribution in [0.15, 0.2) is 60.7 Å². The van der Waals surface area contributed by atoms with Crippen molar-refractivity contribution in [2.75, 3.05) is 27.2 Å². The van der Waals surface area contributed by atoms with Crippen molar-refractivity contribution in [3.8, 4) is 22.6 Å². The van der Waals surface area contributed by atoms with E-state index >= 15 is 0 Å². The molecule has 2 fully saturated rings. The molecule has 15 heteroatoms. The lowest BCUT2D eigenvalue weighted by Gasteiger charge is -2.33. The van der Waals surface area contributed by atoms with Crippen molar-refractivity contribution in [1.82, 2.24) is 40.0 Å². The van der Waals surface area contributed by atoms with E-state index in [-0.39, 0.29) is 35.7 Å². The van der Waals surface area contributed by atoms with Crippen LogP contribution in [-0.4, -0.2) is 103 Å². The maximum Gasteiger partial charge on any atom is 0.407 e. The Morgan fingerprint density at radius 1 is 0.772 bits per heavy atom. The lowest BCUT2D eigenvalue weighted by Crippen LogP contribution is -2.51. The standard InChI is InChI=1S/C42H50N8O7/c1-23(2)35(47-41(53)56-6)39(51)49-19-7-9-33(49)37-43-29-17-13-26(21-31(29)45-37)25-11-14-27(15-12-25)57-28-16-18-30-32(22-28)46-38(44-30)34-10-8-20-50(34)40(52)36(24(3)4)48(5)42(54)55/h11-18,21-24,33-36H,7-10,19-20H2,1-6H3,(H,43,45)(H,44,46)(H,47,53)(H,54,55)/t33?,34-,35-,36-/m0/s1. The largest absolute Gasteiger partial charge is 0.465 e. The van der Waals surface area contributed by atoms with Crippen LogP contribution in [-0.2, 0) is 14.3 Å². The summed E-state index contributed by atoms with van der Waals surface area (Å²) in [5.74, 6) is 2.00. The quantitative estimate of drug-likeness (QED) is 0.107. The number of nitrogens with zero attached hydrogens (tertiary/aromatic N) is 5. The summed E-state index contributed by atoms with van der Waals surface area (Å²) in [7, 11) is 2.73. The molecular formula is C42H50N8O7. The number of hydrogen-bond donors (Lipinski definition) is 4. The average Bonchev–Trinajstić information content (AvgIpc) is 4.01. The number of alkyl carbamates (subject to hydrolysis) is 1. The van der Waals surface area contributed by atoms with Crippen molar-refractivity contribution in [1.29, 1.82) is 0 Å². The zero-order valence-electron chi connectivity index (χ0n) is 33.1. The zero-order valence-corrected chi connectivity index (χ0v) is 33.1. The van der Waals surface area contributed by atoms with Gasteiger partial charge in [0.15, 0.2) is 0 Å². The average molecular weight is 779 g/mol. The zero-order chi connectivity index (χ0) is 40.5. The third-order valence-electron chi connectivity index (χ3n) is 11.1. The van der Waals surface area contributed by atoms with E-state index in [0.717, 1.165) is 69.6 Å². The maximum absolute atomic E-state index is 13.6. The minimum absolute atomic E-state index is 0.116. The van der Waals surface area contributed by atoms with E-state index in [1.54, 1.807) is 9.80 Å². The van der Waals surface area contributed by atoms with Crippen LogP contribution in [0.5, 0.6) is 11.5 Å². The number of carbonyl (C=O) groups is 4. The van der Waals surface area contributed by atoms with E-state index < -0.39 is 24.3 Å². The lowest BCUT2D eigenvalue weighted by molar-refractivity contribution is -0.138. The number of benzene rings is 3. The Kier molecular flexibility index (Phi) is 11.1. The minimum Gasteiger partial charge on any atom is -0.465 e. The second kappa shape index (κ2) is 16.2. The number of H-pyrrole nitrogens is 2. The summed E-state index contributed by atoms with van der Waals surface area (Å²) in [4.78, 5) is 72.1. The predicted molar refractivity (Wildman–Crippen MR) is 214 cm³/mol. The summed E-state index contributed by atoms with van der Waals surface area (Å²) in [5.41, 5.74) is 5.17. The van der Waals surface area contributed by atoms with Gasteiger partial charge in [-0.1, -0.05) is 45.9 Å². The maximum atomic E-state index is 13.6. The number of likely N-dealkylation sites (tertiary alicyclic amines) is 2. The first kappa shape index (κ1) is 39.1. The number of rotatable bonds is 11. The number of ether oxygens (including phenoxy) is 2. The molecule has 0 spiro atoms. The van der Waals surface area contributed by atoms with E-state index in [1.165, 1.54) is 14.2 Å². The van der Waals surface area contributed by atoms with Crippen molar-refractivity contribution in [3.05, 3.63) is 72.3 Å². The first-order valence-electron chi connectivity index (χ1n) is 19.5. The second-order valence-electron chi connectivity index (χ2n) is 15.6. The molecular weight excluding hydrogens is 729 g/mol. The number of likely N-dealkylation sites (N-methyl/N-ethyl adjacent to an activating group) is 1. The van der Waals surface area contributed by atoms with Crippen LogP contribution in [0.2, 0.25) is 0 Å². The predicted octanol–water partition coefficient (Wildman–Crippen LogP) is 7.24. The summed E-state index contributed by atoms with van der Waals surface area (Å²) in [6.45, 7) is 8.62. The van der Waals surface area contributed by atoms with Gasteiger partial charge in [-0.05, 0) is 85.0 Å². The molecule has 0 bridgehead atoms. The number of carbonyl (C=O) groups excluding carboxylic acids is 3. The molecule has 0 aliphatic carbocycles. The third kappa shape index (κ3) is 7.96. The van der Waals surface area contributed by atoms with Gasteiger partial charge in [0.2, 0.25) is 11.8 Å². The van der Waals surface area contributed by atoms with Gasteiger partial charge in [-0.2, -0.15) is 0 Å². The van der Waals surface area contributed by atoms with E-state index in [1.807, 2.05) is 82.3 Å². The van der Waals surface area contributed by atoms with Gasteiger partial charge in [0, 0.05) is 26.2 Å². The molecule has 300 valence electrons. The smallest absolute Gasteiger partial charge is 0.407 e.